The lowest BCUT2D eigenvalue weighted by atomic mass is 10.1. The standard InChI is InChI=1S/C20H16Cl2N2O4S/c21-14-6-4-13(5-7-14)10-20(25)24-16-8-9-18(19(12-16)29(23,26)27)28-17-3-1-2-15(22)11-17/h1-9,11-12H,10H2,(H,24,25)(H2,23,26,27). The number of sulfonamides is 1. The Morgan fingerprint density at radius 3 is 2.34 bits per heavy atom. The van der Waals surface area contributed by atoms with E-state index in [1.165, 1.54) is 24.3 Å². The third-order valence-electron chi connectivity index (χ3n) is 3.84. The molecule has 0 saturated heterocycles. The van der Waals surface area contributed by atoms with E-state index in [9.17, 15) is 13.2 Å². The lowest BCUT2D eigenvalue weighted by molar-refractivity contribution is -0.115. The van der Waals surface area contributed by atoms with E-state index in [1.807, 2.05) is 0 Å². The van der Waals surface area contributed by atoms with Gasteiger partial charge in [0.05, 0.1) is 6.42 Å². The van der Waals surface area contributed by atoms with Crippen LogP contribution in [0.5, 0.6) is 11.5 Å². The fourth-order valence-corrected chi connectivity index (χ4v) is 3.53. The van der Waals surface area contributed by atoms with Crippen LogP contribution in [0.25, 0.3) is 0 Å². The molecule has 150 valence electrons. The molecule has 9 heteroatoms. The van der Waals surface area contributed by atoms with E-state index in [0.29, 0.717) is 15.8 Å². The zero-order valence-corrected chi connectivity index (χ0v) is 17.3. The van der Waals surface area contributed by atoms with E-state index in [2.05, 4.69) is 5.32 Å². The molecule has 1 amide bonds. The van der Waals surface area contributed by atoms with E-state index in [-0.39, 0.29) is 28.7 Å². The average molecular weight is 451 g/mol. The number of nitrogens with one attached hydrogen (secondary N) is 1. The maximum absolute atomic E-state index is 12.3. The summed E-state index contributed by atoms with van der Waals surface area (Å²) in [5.41, 5.74) is 1.03. The molecule has 0 aliphatic carbocycles. The van der Waals surface area contributed by atoms with Gasteiger partial charge in [-0.15, -0.1) is 0 Å². The maximum atomic E-state index is 12.3. The number of amides is 1. The average Bonchev–Trinajstić information content (AvgIpc) is 2.64. The van der Waals surface area contributed by atoms with Crippen LogP contribution in [0.2, 0.25) is 10.0 Å². The predicted molar refractivity (Wildman–Crippen MR) is 113 cm³/mol. The Balaban J connectivity index is 1.81. The first-order chi connectivity index (χ1) is 13.7. The molecular weight excluding hydrogens is 435 g/mol. The second kappa shape index (κ2) is 8.84. The van der Waals surface area contributed by atoms with Crippen LogP contribution in [-0.4, -0.2) is 14.3 Å². The summed E-state index contributed by atoms with van der Waals surface area (Å²) in [6, 6.07) is 17.5. The second-order valence-corrected chi connectivity index (χ2v) is 8.52. The van der Waals surface area contributed by atoms with Gasteiger partial charge in [-0.25, -0.2) is 13.6 Å². The Morgan fingerprint density at radius 2 is 1.69 bits per heavy atom. The van der Waals surface area contributed by atoms with E-state index >= 15 is 0 Å². The van der Waals surface area contributed by atoms with Gasteiger partial charge in [0.25, 0.3) is 0 Å². The highest BCUT2D eigenvalue weighted by Gasteiger charge is 2.18. The number of rotatable bonds is 6. The first-order valence-electron chi connectivity index (χ1n) is 8.35. The molecule has 0 radical (unpaired) electrons. The number of primary sulfonamides is 1. The normalized spacial score (nSPS) is 11.1. The fourth-order valence-electron chi connectivity index (χ4n) is 2.54. The Hall–Kier alpha value is -2.58. The van der Waals surface area contributed by atoms with Crippen LogP contribution in [0.3, 0.4) is 0 Å². The van der Waals surface area contributed by atoms with Crippen LogP contribution >= 0.6 is 23.2 Å². The molecule has 29 heavy (non-hydrogen) atoms. The summed E-state index contributed by atoms with van der Waals surface area (Å²) in [5.74, 6) is 0.0450. The number of carbonyl (C=O) groups is 1. The van der Waals surface area contributed by atoms with Crippen LogP contribution in [0.15, 0.2) is 71.6 Å². The molecule has 3 aromatic carbocycles. The number of hydrogen-bond acceptors (Lipinski definition) is 4. The van der Waals surface area contributed by atoms with Crippen molar-refractivity contribution in [2.45, 2.75) is 11.3 Å². The largest absolute Gasteiger partial charge is 0.456 e. The van der Waals surface area contributed by atoms with Crippen molar-refractivity contribution < 1.29 is 17.9 Å². The molecule has 0 unspecified atom stereocenters. The van der Waals surface area contributed by atoms with Crippen LogP contribution < -0.4 is 15.2 Å². The molecule has 0 heterocycles. The lowest BCUT2D eigenvalue weighted by Crippen LogP contribution is -2.17. The summed E-state index contributed by atoms with van der Waals surface area (Å²) >= 11 is 11.8. The minimum atomic E-state index is -4.11. The topological polar surface area (TPSA) is 98.5 Å². The van der Waals surface area contributed by atoms with Crippen LogP contribution in [-0.2, 0) is 21.2 Å². The van der Waals surface area contributed by atoms with E-state index in [0.717, 1.165) is 5.56 Å². The van der Waals surface area contributed by atoms with Gasteiger partial charge in [-0.05, 0) is 54.1 Å². The third kappa shape index (κ3) is 5.95. The van der Waals surface area contributed by atoms with E-state index < -0.39 is 10.0 Å². The molecule has 3 N–H and O–H groups in total. The summed E-state index contributed by atoms with van der Waals surface area (Å²) in [6.45, 7) is 0. The summed E-state index contributed by atoms with van der Waals surface area (Å²) in [4.78, 5) is 12.0. The van der Waals surface area contributed by atoms with Gasteiger partial charge in [0.2, 0.25) is 15.9 Å². The zero-order chi connectivity index (χ0) is 21.0. The first-order valence-corrected chi connectivity index (χ1v) is 10.7. The van der Waals surface area contributed by atoms with Crippen molar-refractivity contribution in [1.82, 2.24) is 0 Å². The monoisotopic (exact) mass is 450 g/mol. The van der Waals surface area contributed by atoms with Gasteiger partial charge < -0.3 is 10.1 Å². The number of anilines is 1. The smallest absolute Gasteiger partial charge is 0.241 e. The molecule has 0 bridgehead atoms. The lowest BCUT2D eigenvalue weighted by Gasteiger charge is -2.13. The number of carbonyl (C=O) groups excluding carboxylic acids is 1. The van der Waals surface area contributed by atoms with Crippen LogP contribution in [0.4, 0.5) is 5.69 Å². The molecule has 0 fully saturated rings. The predicted octanol–water partition coefficient (Wildman–Crippen LogP) is 4.61. The minimum absolute atomic E-state index is 0.0190. The molecule has 0 saturated carbocycles. The SMILES string of the molecule is NS(=O)(=O)c1cc(NC(=O)Cc2ccc(Cl)cc2)ccc1Oc1cccc(Cl)c1. The fraction of sp³-hybridized carbons (Fsp3) is 0.0500. The van der Waals surface area contributed by atoms with Crippen LogP contribution in [0.1, 0.15) is 5.56 Å². The van der Waals surface area contributed by atoms with Crippen LogP contribution in [0, 0.1) is 0 Å². The van der Waals surface area contributed by atoms with Gasteiger partial charge in [-0.2, -0.15) is 0 Å². The van der Waals surface area contributed by atoms with E-state index in [4.69, 9.17) is 33.1 Å². The molecule has 0 spiro atoms. The maximum Gasteiger partial charge on any atom is 0.241 e. The summed E-state index contributed by atoms with van der Waals surface area (Å²) in [6.07, 6.45) is 0.0998. The van der Waals surface area contributed by atoms with Gasteiger partial charge in [0.15, 0.2) is 0 Å². The molecule has 0 atom stereocenters. The first kappa shape index (κ1) is 21.1. The number of ether oxygens (including phenoxy) is 1. The molecule has 3 aromatic rings. The minimum Gasteiger partial charge on any atom is -0.456 e. The Labute approximate surface area is 178 Å². The van der Waals surface area contributed by atoms with Crippen molar-refractivity contribution in [2.75, 3.05) is 5.32 Å². The summed E-state index contributed by atoms with van der Waals surface area (Å²) < 4.78 is 29.7. The third-order valence-corrected chi connectivity index (χ3v) is 5.25. The molecular formula is C20H16Cl2N2O4S. The quantitative estimate of drug-likeness (QED) is 0.572. The number of halogens is 2. The van der Waals surface area contributed by atoms with Gasteiger partial charge in [-0.3, -0.25) is 4.79 Å². The zero-order valence-electron chi connectivity index (χ0n) is 14.9. The Bertz CT molecular complexity index is 1150. The molecule has 0 aliphatic rings. The van der Waals surface area contributed by atoms with Gasteiger partial charge in [-0.1, -0.05) is 41.4 Å². The van der Waals surface area contributed by atoms with Crippen molar-refractivity contribution in [3.63, 3.8) is 0 Å². The Kier molecular flexibility index (Phi) is 6.44. The van der Waals surface area contributed by atoms with Crippen molar-refractivity contribution in [3.05, 3.63) is 82.3 Å². The number of benzene rings is 3. The highest BCUT2D eigenvalue weighted by atomic mass is 35.5. The number of hydrogen-bond donors (Lipinski definition) is 2. The van der Waals surface area contributed by atoms with Crippen molar-refractivity contribution >= 4 is 44.8 Å². The van der Waals surface area contributed by atoms with Gasteiger partial charge >= 0.3 is 0 Å². The highest BCUT2D eigenvalue weighted by molar-refractivity contribution is 7.89. The van der Waals surface area contributed by atoms with Crippen molar-refractivity contribution in [1.29, 1.82) is 0 Å². The van der Waals surface area contributed by atoms with Crippen molar-refractivity contribution in [3.8, 4) is 11.5 Å². The van der Waals surface area contributed by atoms with E-state index in [1.54, 1.807) is 42.5 Å². The molecule has 3 rings (SSSR count). The van der Waals surface area contributed by atoms with Gasteiger partial charge in [0, 0.05) is 15.7 Å². The van der Waals surface area contributed by atoms with Crippen molar-refractivity contribution in [2.24, 2.45) is 5.14 Å². The van der Waals surface area contributed by atoms with Gasteiger partial charge in [0.1, 0.15) is 16.4 Å². The Morgan fingerprint density at radius 1 is 0.966 bits per heavy atom. The summed E-state index contributed by atoms with van der Waals surface area (Å²) in [5, 5.41) is 8.98. The molecule has 0 aromatic heterocycles. The highest BCUT2D eigenvalue weighted by Crippen LogP contribution is 2.31. The molecule has 0 aliphatic heterocycles. The summed E-state index contributed by atoms with van der Waals surface area (Å²) in [7, 11) is -4.11. The number of nitrogens with two attached hydrogens (primary N) is 1. The second-order valence-electron chi connectivity index (χ2n) is 6.12. The molecule has 6 nitrogen and oxygen atoms in total.